The van der Waals surface area contributed by atoms with E-state index in [-0.39, 0.29) is 41.2 Å². The zero-order valence-corrected chi connectivity index (χ0v) is 26.4. The molecule has 2 aromatic carbocycles. The summed E-state index contributed by atoms with van der Waals surface area (Å²) in [5.74, 6) is 0. The van der Waals surface area contributed by atoms with Crippen molar-refractivity contribution in [2.45, 2.75) is 56.3 Å². The van der Waals surface area contributed by atoms with Crippen LogP contribution in [0.3, 0.4) is 0 Å². The van der Waals surface area contributed by atoms with Gasteiger partial charge in [0.15, 0.2) is 5.65 Å². The van der Waals surface area contributed by atoms with Crippen LogP contribution in [-0.2, 0) is 23.6 Å². The van der Waals surface area contributed by atoms with E-state index in [0.29, 0.717) is 40.7 Å². The van der Waals surface area contributed by atoms with Crippen molar-refractivity contribution in [3.63, 3.8) is 0 Å². The predicted octanol–water partition coefficient (Wildman–Crippen LogP) is 4.79. The Balaban J connectivity index is 1.54. The quantitative estimate of drug-likeness (QED) is 0.268. The molecule has 13 heteroatoms. The molecule has 4 aromatic heterocycles. The van der Waals surface area contributed by atoms with Crippen LogP contribution >= 0.6 is 0 Å². The van der Waals surface area contributed by atoms with E-state index in [4.69, 9.17) is 10.7 Å². The van der Waals surface area contributed by atoms with E-state index in [2.05, 4.69) is 29.4 Å². The average Bonchev–Trinajstić information content (AvgIpc) is 3.75. The van der Waals surface area contributed by atoms with Crippen molar-refractivity contribution < 1.29 is 13.2 Å². The second kappa shape index (κ2) is 10.3. The number of pyridine rings is 1. The van der Waals surface area contributed by atoms with Gasteiger partial charge in [-0.1, -0.05) is 24.3 Å². The highest BCUT2D eigenvalue weighted by Gasteiger charge is 2.41. The molecule has 2 amide bonds. The Hall–Kier alpha value is -5.01. The van der Waals surface area contributed by atoms with E-state index in [0.717, 1.165) is 22.0 Å². The summed E-state index contributed by atoms with van der Waals surface area (Å²) >= 11 is 0. The molecule has 234 valence electrons. The molecular weight excluding hydrogens is 602 g/mol. The lowest BCUT2D eigenvalue weighted by Gasteiger charge is -2.43. The zero-order chi connectivity index (χ0) is 31.9. The largest absolute Gasteiger partial charge is 0.333 e. The average molecular weight is 636 g/mol. The number of anilines is 1. The maximum atomic E-state index is 14.7. The third-order valence-corrected chi connectivity index (χ3v) is 10.7. The SMILES string of the molecule is CC(C)n1ncc2cc(-c3c(-c4cnn(C)c4)n(S(=O)(=O)c4ccccc4)c4ncc5c(c34)N(C3CC(N)C3)C(=O)NC5)ccc21. The number of fused-ring (bicyclic) bond motifs is 4. The highest BCUT2D eigenvalue weighted by molar-refractivity contribution is 7.90. The summed E-state index contributed by atoms with van der Waals surface area (Å²) in [5.41, 5.74) is 11.3. The molecule has 0 saturated heterocycles. The second-order valence-electron chi connectivity index (χ2n) is 12.4. The number of urea groups is 1. The molecule has 0 radical (unpaired) electrons. The number of amides is 2. The number of carbonyl (C=O) groups excluding carboxylic acids is 1. The molecule has 6 aromatic rings. The van der Waals surface area contributed by atoms with Crippen molar-refractivity contribution in [1.82, 2.24) is 33.8 Å². The number of hydrogen-bond acceptors (Lipinski definition) is 7. The Bertz CT molecular complexity index is 2280. The molecule has 1 saturated carbocycles. The van der Waals surface area contributed by atoms with Crippen molar-refractivity contribution in [1.29, 1.82) is 0 Å². The summed E-state index contributed by atoms with van der Waals surface area (Å²) in [6.45, 7) is 4.42. The van der Waals surface area contributed by atoms with Crippen LogP contribution in [0.25, 0.3) is 44.3 Å². The molecule has 0 spiro atoms. The lowest BCUT2D eigenvalue weighted by atomic mass is 9.85. The Labute approximate surface area is 265 Å². The first-order valence-electron chi connectivity index (χ1n) is 15.3. The molecule has 46 heavy (non-hydrogen) atoms. The smallest absolute Gasteiger partial charge is 0.322 e. The molecule has 3 N–H and O–H groups in total. The normalized spacial score (nSPS) is 18.3. The van der Waals surface area contributed by atoms with Crippen LogP contribution in [0.2, 0.25) is 0 Å². The first-order valence-corrected chi connectivity index (χ1v) is 16.7. The Morgan fingerprint density at radius 1 is 1.00 bits per heavy atom. The minimum absolute atomic E-state index is 0.00566. The number of carbonyl (C=O) groups is 1. The number of nitrogens with zero attached hydrogens (tertiary/aromatic N) is 7. The lowest BCUT2D eigenvalue weighted by molar-refractivity contribution is 0.233. The van der Waals surface area contributed by atoms with Gasteiger partial charge in [0.1, 0.15) is 0 Å². The van der Waals surface area contributed by atoms with Crippen molar-refractivity contribution in [3.8, 4) is 22.4 Å². The highest BCUT2D eigenvalue weighted by atomic mass is 32.2. The van der Waals surface area contributed by atoms with Crippen molar-refractivity contribution in [2.24, 2.45) is 12.8 Å². The van der Waals surface area contributed by atoms with Gasteiger partial charge in [0, 0.05) is 66.2 Å². The van der Waals surface area contributed by atoms with Crippen LogP contribution in [0.4, 0.5) is 10.5 Å². The van der Waals surface area contributed by atoms with E-state index in [1.165, 1.54) is 3.97 Å². The third-order valence-electron chi connectivity index (χ3n) is 9.03. The number of aromatic nitrogens is 6. The van der Waals surface area contributed by atoms with Gasteiger partial charge < -0.3 is 11.1 Å². The molecule has 2 aliphatic rings. The van der Waals surface area contributed by atoms with Crippen LogP contribution < -0.4 is 16.0 Å². The van der Waals surface area contributed by atoms with Gasteiger partial charge in [-0.15, -0.1) is 0 Å². The summed E-state index contributed by atoms with van der Waals surface area (Å²) in [7, 11) is -2.40. The van der Waals surface area contributed by atoms with E-state index in [9.17, 15) is 13.2 Å². The zero-order valence-electron chi connectivity index (χ0n) is 25.6. The van der Waals surface area contributed by atoms with Crippen molar-refractivity contribution in [3.05, 3.63) is 78.9 Å². The minimum atomic E-state index is -4.19. The summed E-state index contributed by atoms with van der Waals surface area (Å²) in [6.07, 6.45) is 8.24. The van der Waals surface area contributed by atoms with Crippen LogP contribution in [0.5, 0.6) is 0 Å². The molecule has 1 fully saturated rings. The number of nitrogens with one attached hydrogen (secondary N) is 1. The third kappa shape index (κ3) is 4.18. The second-order valence-corrected chi connectivity index (χ2v) is 14.2. The van der Waals surface area contributed by atoms with Gasteiger partial charge in [0.2, 0.25) is 0 Å². The van der Waals surface area contributed by atoms with Crippen LogP contribution in [-0.4, -0.2) is 55.0 Å². The molecule has 8 rings (SSSR count). The summed E-state index contributed by atoms with van der Waals surface area (Å²) < 4.78 is 34.4. The molecular formula is C33H33N9O3S. The van der Waals surface area contributed by atoms with Gasteiger partial charge in [0.25, 0.3) is 10.0 Å². The number of rotatable bonds is 6. The molecule has 1 aliphatic carbocycles. The van der Waals surface area contributed by atoms with Crippen LogP contribution in [0, 0.1) is 0 Å². The van der Waals surface area contributed by atoms with E-state index >= 15 is 0 Å². The van der Waals surface area contributed by atoms with Crippen LogP contribution in [0.15, 0.2) is 78.2 Å². The molecule has 12 nitrogen and oxygen atoms in total. The molecule has 5 heterocycles. The number of benzene rings is 2. The molecule has 1 aliphatic heterocycles. The van der Waals surface area contributed by atoms with Crippen LogP contribution in [0.1, 0.15) is 38.3 Å². The monoisotopic (exact) mass is 635 g/mol. The van der Waals surface area contributed by atoms with Crippen molar-refractivity contribution in [2.75, 3.05) is 4.90 Å². The molecule has 0 atom stereocenters. The number of aryl methyl sites for hydroxylation is 1. The highest BCUT2D eigenvalue weighted by Crippen LogP contribution is 2.49. The predicted molar refractivity (Wildman–Crippen MR) is 176 cm³/mol. The Kier molecular flexibility index (Phi) is 6.35. The molecule has 0 unspecified atom stereocenters. The van der Waals surface area contributed by atoms with Gasteiger partial charge in [0.05, 0.1) is 39.6 Å². The first-order chi connectivity index (χ1) is 22.1. The van der Waals surface area contributed by atoms with Crippen molar-refractivity contribution >= 4 is 43.7 Å². The summed E-state index contributed by atoms with van der Waals surface area (Å²) in [4.78, 5) is 20.3. The fraction of sp³-hybridized carbons (Fsp3) is 0.273. The minimum Gasteiger partial charge on any atom is -0.333 e. The fourth-order valence-electron chi connectivity index (χ4n) is 6.83. The lowest BCUT2D eigenvalue weighted by Crippen LogP contribution is -2.57. The van der Waals surface area contributed by atoms with E-state index in [1.54, 1.807) is 65.6 Å². The first kappa shape index (κ1) is 28.5. The topological polar surface area (TPSA) is 146 Å². The Morgan fingerprint density at radius 3 is 2.48 bits per heavy atom. The van der Waals surface area contributed by atoms with Gasteiger partial charge in [-0.2, -0.15) is 10.2 Å². The number of hydrogen-bond donors (Lipinski definition) is 2. The number of nitrogens with two attached hydrogens (primary N) is 1. The standard InChI is InChI=1S/C33H33N9O3S/c1-19(2)41-27-10-9-20(11-21(27)16-38-41)28-29-30-22(15-36-33(43)40(30)25-12-24(34)13-25)14-35-32(29)42(31(28)23-17-37-39(3)18-23)46(44,45)26-7-5-4-6-8-26/h4-11,14,16-19,24-25H,12-13,15,34H2,1-3H3,(H,36,43). The van der Waals surface area contributed by atoms with Gasteiger partial charge in [-0.05, 0) is 56.5 Å². The fourth-order valence-corrected chi connectivity index (χ4v) is 8.35. The van der Waals surface area contributed by atoms with E-state index in [1.807, 2.05) is 29.1 Å². The maximum Gasteiger partial charge on any atom is 0.322 e. The van der Waals surface area contributed by atoms with E-state index < -0.39 is 10.0 Å². The summed E-state index contributed by atoms with van der Waals surface area (Å²) in [5, 5.41) is 13.5. The molecule has 0 bridgehead atoms. The Morgan fingerprint density at radius 2 is 1.78 bits per heavy atom. The summed E-state index contributed by atoms with van der Waals surface area (Å²) in [6, 6.07) is 14.1. The van der Waals surface area contributed by atoms with Gasteiger partial charge in [-0.3, -0.25) is 14.3 Å². The van der Waals surface area contributed by atoms with Gasteiger partial charge >= 0.3 is 6.03 Å². The van der Waals surface area contributed by atoms with Gasteiger partial charge in [-0.25, -0.2) is 22.2 Å². The maximum absolute atomic E-state index is 14.7.